The molecule has 3 heteroatoms. The Hall–Kier alpha value is -1.04. The minimum atomic E-state index is -0.834. The van der Waals surface area contributed by atoms with Gasteiger partial charge in [0.2, 0.25) is 5.54 Å². The first kappa shape index (κ1) is 12.0. The predicted octanol–water partition coefficient (Wildman–Crippen LogP) is 2.58. The summed E-state index contributed by atoms with van der Waals surface area (Å²) in [6.45, 7) is 14.8. The molecule has 1 unspecified atom stereocenters. The molecule has 0 aliphatic carbocycles. The van der Waals surface area contributed by atoms with Gasteiger partial charge in [-0.25, -0.2) is 6.57 Å². The van der Waals surface area contributed by atoms with Gasteiger partial charge in [0, 0.05) is 18.8 Å². The van der Waals surface area contributed by atoms with Gasteiger partial charge >= 0.3 is 5.97 Å². The largest absolute Gasteiger partial charge is 0.481 e. The Morgan fingerprint density at radius 3 is 2.08 bits per heavy atom. The van der Waals surface area contributed by atoms with Gasteiger partial charge in [0.15, 0.2) is 0 Å². The summed E-state index contributed by atoms with van der Waals surface area (Å²) in [4.78, 5) is 13.9. The maximum atomic E-state index is 10.4. The molecule has 0 aliphatic rings. The zero-order valence-corrected chi connectivity index (χ0v) is 8.72. The maximum absolute atomic E-state index is 10.4. The number of hydrogen-bond acceptors (Lipinski definition) is 1. The molecule has 3 nitrogen and oxygen atoms in total. The normalized spacial score (nSPS) is 15.9. The summed E-state index contributed by atoms with van der Waals surface area (Å²) in [7, 11) is 0. The second-order valence-electron chi connectivity index (χ2n) is 4.53. The molecule has 1 atom stereocenters. The second-order valence-corrected chi connectivity index (χ2v) is 4.53. The van der Waals surface area contributed by atoms with E-state index >= 15 is 0 Å². The van der Waals surface area contributed by atoms with E-state index in [-0.39, 0.29) is 11.8 Å². The first-order valence-electron chi connectivity index (χ1n) is 4.33. The molecule has 0 fully saturated rings. The topological polar surface area (TPSA) is 41.7 Å². The highest BCUT2D eigenvalue weighted by molar-refractivity contribution is 5.66. The summed E-state index contributed by atoms with van der Waals surface area (Å²) >= 11 is 0. The summed E-state index contributed by atoms with van der Waals surface area (Å²) in [5, 5.41) is 8.54. The van der Waals surface area contributed by atoms with E-state index in [9.17, 15) is 4.79 Å². The highest BCUT2D eigenvalue weighted by Crippen LogP contribution is 2.37. The van der Waals surface area contributed by atoms with Gasteiger partial charge in [0.05, 0.1) is 6.42 Å². The van der Waals surface area contributed by atoms with E-state index in [0.29, 0.717) is 6.42 Å². The molecule has 0 aromatic heterocycles. The first-order valence-corrected chi connectivity index (χ1v) is 4.33. The molecule has 0 saturated heterocycles. The Balaban J connectivity index is 4.50. The van der Waals surface area contributed by atoms with Crippen molar-refractivity contribution in [1.82, 2.24) is 0 Å². The van der Waals surface area contributed by atoms with Crippen molar-refractivity contribution in [3.63, 3.8) is 0 Å². The Bertz CT molecular complexity index is 234. The van der Waals surface area contributed by atoms with Crippen molar-refractivity contribution < 1.29 is 9.90 Å². The Morgan fingerprint density at radius 1 is 1.38 bits per heavy atom. The smallest absolute Gasteiger partial charge is 0.303 e. The number of rotatable bonds is 3. The molecule has 0 aromatic carbocycles. The third kappa shape index (κ3) is 3.06. The van der Waals surface area contributed by atoms with Gasteiger partial charge in [0.25, 0.3) is 0 Å². The minimum Gasteiger partial charge on any atom is -0.481 e. The van der Waals surface area contributed by atoms with E-state index in [4.69, 9.17) is 11.7 Å². The summed E-state index contributed by atoms with van der Waals surface area (Å²) < 4.78 is 0. The third-order valence-corrected chi connectivity index (χ3v) is 2.69. The van der Waals surface area contributed by atoms with Crippen LogP contribution in [0.3, 0.4) is 0 Å². The second kappa shape index (κ2) is 3.78. The van der Waals surface area contributed by atoms with Crippen LogP contribution >= 0.6 is 0 Å². The maximum Gasteiger partial charge on any atom is 0.303 e. The molecule has 0 radical (unpaired) electrons. The van der Waals surface area contributed by atoms with Gasteiger partial charge in [-0.05, 0) is 0 Å². The zero-order valence-electron chi connectivity index (χ0n) is 8.72. The van der Waals surface area contributed by atoms with Crippen molar-refractivity contribution in [3.05, 3.63) is 11.4 Å². The average Bonchev–Trinajstić information content (AvgIpc) is 1.98. The van der Waals surface area contributed by atoms with Gasteiger partial charge in [-0.1, -0.05) is 20.8 Å². The van der Waals surface area contributed by atoms with Crippen LogP contribution in [0.1, 0.15) is 40.5 Å². The number of nitrogens with zero attached hydrogens (tertiary/aromatic N) is 1. The van der Waals surface area contributed by atoms with Crippen LogP contribution in [-0.4, -0.2) is 16.6 Å². The molecule has 13 heavy (non-hydrogen) atoms. The summed E-state index contributed by atoms with van der Waals surface area (Å²) in [6, 6.07) is 0. The van der Waals surface area contributed by atoms with Crippen LogP contribution in [0.5, 0.6) is 0 Å². The lowest BCUT2D eigenvalue weighted by Crippen LogP contribution is -2.37. The van der Waals surface area contributed by atoms with E-state index in [2.05, 4.69) is 4.85 Å². The van der Waals surface area contributed by atoms with Crippen molar-refractivity contribution in [1.29, 1.82) is 0 Å². The number of carboxylic acid groups (broad SMARTS) is 1. The van der Waals surface area contributed by atoms with Gasteiger partial charge in [-0.2, -0.15) is 0 Å². The highest BCUT2D eigenvalue weighted by Gasteiger charge is 2.43. The van der Waals surface area contributed by atoms with Crippen LogP contribution in [0.4, 0.5) is 0 Å². The van der Waals surface area contributed by atoms with Crippen molar-refractivity contribution >= 4 is 5.97 Å². The summed E-state index contributed by atoms with van der Waals surface area (Å²) in [6.07, 6.45) is 0.478. The minimum absolute atomic E-state index is 0.0656. The number of carbonyl (C=O) groups is 1. The molecule has 0 aliphatic heterocycles. The molecule has 74 valence electrons. The Labute approximate surface area is 79.6 Å². The lowest BCUT2D eigenvalue weighted by molar-refractivity contribution is -0.137. The fourth-order valence-corrected chi connectivity index (χ4v) is 0.949. The molecular formula is C10H17NO2. The van der Waals surface area contributed by atoms with Crippen molar-refractivity contribution in [3.8, 4) is 0 Å². The third-order valence-electron chi connectivity index (χ3n) is 2.69. The quantitative estimate of drug-likeness (QED) is 0.683. The van der Waals surface area contributed by atoms with Crippen molar-refractivity contribution in [2.75, 3.05) is 0 Å². The lowest BCUT2D eigenvalue weighted by Gasteiger charge is -2.30. The molecule has 0 spiro atoms. The number of hydrogen-bond donors (Lipinski definition) is 1. The van der Waals surface area contributed by atoms with E-state index in [1.807, 2.05) is 27.7 Å². The lowest BCUT2D eigenvalue weighted by atomic mass is 9.73. The first-order chi connectivity index (χ1) is 5.73. The molecule has 0 amide bonds. The monoisotopic (exact) mass is 183 g/mol. The van der Waals surface area contributed by atoms with Crippen LogP contribution in [0.25, 0.3) is 4.85 Å². The van der Waals surface area contributed by atoms with Crippen LogP contribution in [-0.2, 0) is 4.79 Å². The van der Waals surface area contributed by atoms with Gasteiger partial charge < -0.3 is 9.95 Å². The Morgan fingerprint density at radius 2 is 1.85 bits per heavy atom. The van der Waals surface area contributed by atoms with Crippen molar-refractivity contribution in [2.45, 2.75) is 46.1 Å². The zero-order chi connectivity index (χ0) is 10.7. The van der Waals surface area contributed by atoms with Crippen molar-refractivity contribution in [2.24, 2.45) is 5.41 Å². The van der Waals surface area contributed by atoms with Crippen LogP contribution in [0.15, 0.2) is 0 Å². The highest BCUT2D eigenvalue weighted by atomic mass is 16.4. The number of carboxylic acids is 1. The number of aliphatic carboxylic acids is 1. The predicted molar refractivity (Wildman–Crippen MR) is 51.3 cm³/mol. The fraction of sp³-hybridized carbons (Fsp3) is 0.800. The summed E-state index contributed by atoms with van der Waals surface area (Å²) in [5.74, 6) is -0.834. The van der Waals surface area contributed by atoms with Gasteiger partial charge in [0.1, 0.15) is 0 Å². The fourth-order valence-electron chi connectivity index (χ4n) is 0.949. The van der Waals surface area contributed by atoms with E-state index in [1.165, 1.54) is 0 Å². The van der Waals surface area contributed by atoms with E-state index in [0.717, 1.165) is 0 Å². The molecule has 0 bridgehead atoms. The van der Waals surface area contributed by atoms with Gasteiger partial charge in [-0.3, -0.25) is 4.79 Å². The van der Waals surface area contributed by atoms with E-state index < -0.39 is 11.5 Å². The molecule has 0 rings (SSSR count). The average molecular weight is 183 g/mol. The molecule has 1 N–H and O–H groups in total. The van der Waals surface area contributed by atoms with Crippen LogP contribution in [0, 0.1) is 12.0 Å². The van der Waals surface area contributed by atoms with Gasteiger partial charge in [-0.15, -0.1) is 0 Å². The molecule has 0 heterocycles. The Kier molecular flexibility index (Phi) is 3.48. The molecule has 0 saturated carbocycles. The van der Waals surface area contributed by atoms with E-state index in [1.54, 1.807) is 0 Å². The van der Waals surface area contributed by atoms with Crippen LogP contribution < -0.4 is 0 Å². The summed E-state index contributed by atoms with van der Waals surface area (Å²) in [5.41, 5.74) is -0.754. The molecular weight excluding hydrogens is 166 g/mol. The SMILES string of the molecule is [C-]#[N+]C(C)(CCC(=O)O)C(C)(C)C. The standard InChI is InChI=1S/C10H17NO2/c1-9(2,3)10(4,11-5)7-6-8(12)13/h6-7H2,1-4H3,(H,12,13). The van der Waals surface area contributed by atoms with Crippen LogP contribution in [0.2, 0.25) is 0 Å². The molecule has 0 aromatic rings.